The number of pyridine rings is 1. The lowest BCUT2D eigenvalue weighted by Crippen LogP contribution is -2.13. The average molecular weight is 485 g/mol. The number of carbonyl (C=O) groups is 1. The van der Waals surface area contributed by atoms with Crippen LogP contribution in [0.5, 0.6) is 23.0 Å². The van der Waals surface area contributed by atoms with Crippen LogP contribution in [0.4, 0.5) is 5.69 Å². The van der Waals surface area contributed by atoms with Gasteiger partial charge in [0.1, 0.15) is 11.5 Å². The van der Waals surface area contributed by atoms with Crippen molar-refractivity contribution in [2.75, 3.05) is 19.5 Å². The van der Waals surface area contributed by atoms with Crippen molar-refractivity contribution in [2.45, 2.75) is 0 Å². The largest absolute Gasteiger partial charge is 0.493 e. The summed E-state index contributed by atoms with van der Waals surface area (Å²) < 4.78 is 17.4. The number of benzene rings is 4. The van der Waals surface area contributed by atoms with E-state index in [2.05, 4.69) is 10.3 Å². The molecular weight excluding hydrogens is 464 g/mol. The van der Waals surface area contributed by atoms with E-state index in [0.717, 1.165) is 16.2 Å². The first kappa shape index (κ1) is 22.5. The summed E-state index contributed by atoms with van der Waals surface area (Å²) in [5.41, 5.74) is 1.65. The number of amides is 1. The van der Waals surface area contributed by atoms with Crippen LogP contribution in [-0.2, 0) is 0 Å². The Hall–Kier alpha value is -4.29. The minimum absolute atomic E-state index is 0.314. The van der Waals surface area contributed by atoms with E-state index in [1.807, 2.05) is 36.4 Å². The molecule has 0 unspecified atom stereocenters. The smallest absolute Gasteiger partial charge is 0.259 e. The number of ether oxygens (including phenoxy) is 3. The number of fused-ring (bicyclic) bond motifs is 2. The van der Waals surface area contributed by atoms with Gasteiger partial charge in [0, 0.05) is 33.7 Å². The zero-order valence-corrected chi connectivity index (χ0v) is 19.8. The van der Waals surface area contributed by atoms with Crippen LogP contribution in [0.15, 0.2) is 85.1 Å². The number of anilines is 1. The fourth-order valence-electron chi connectivity index (χ4n) is 3.94. The summed E-state index contributed by atoms with van der Waals surface area (Å²) in [7, 11) is 3.15. The fraction of sp³-hybridized carbons (Fsp3) is 0.0714. The van der Waals surface area contributed by atoms with Gasteiger partial charge in [-0.05, 0) is 41.8 Å². The van der Waals surface area contributed by atoms with Gasteiger partial charge in [0.15, 0.2) is 11.5 Å². The highest BCUT2D eigenvalue weighted by atomic mass is 35.5. The van der Waals surface area contributed by atoms with Gasteiger partial charge in [-0.2, -0.15) is 0 Å². The van der Waals surface area contributed by atoms with Gasteiger partial charge < -0.3 is 19.5 Å². The van der Waals surface area contributed by atoms with E-state index in [-0.39, 0.29) is 5.91 Å². The van der Waals surface area contributed by atoms with Crippen molar-refractivity contribution >= 4 is 44.9 Å². The molecule has 1 heterocycles. The highest BCUT2D eigenvalue weighted by molar-refractivity contribution is 6.31. The van der Waals surface area contributed by atoms with Crippen molar-refractivity contribution < 1.29 is 19.0 Å². The zero-order valence-electron chi connectivity index (χ0n) is 19.0. The lowest BCUT2D eigenvalue weighted by molar-refractivity contribution is 0.102. The minimum atomic E-state index is -0.314. The lowest BCUT2D eigenvalue weighted by Gasteiger charge is -2.16. The Balaban J connectivity index is 1.63. The molecule has 4 aromatic carbocycles. The van der Waals surface area contributed by atoms with E-state index in [1.165, 1.54) is 0 Å². The van der Waals surface area contributed by atoms with Crippen LogP contribution < -0.4 is 19.5 Å². The van der Waals surface area contributed by atoms with E-state index < -0.39 is 0 Å². The number of nitrogens with one attached hydrogen (secondary N) is 1. The van der Waals surface area contributed by atoms with Crippen LogP contribution in [-0.4, -0.2) is 25.1 Å². The number of methoxy groups -OCH3 is 2. The SMILES string of the molecule is COc1cc2nccc(Oc3c(C(=O)Nc4cccc(Cl)c4)ccc4ccccc34)c2cc1OC. The van der Waals surface area contributed by atoms with E-state index in [4.69, 9.17) is 25.8 Å². The Kier molecular flexibility index (Phi) is 6.12. The van der Waals surface area contributed by atoms with Gasteiger partial charge in [0.25, 0.3) is 5.91 Å². The van der Waals surface area contributed by atoms with Crippen LogP contribution in [0.3, 0.4) is 0 Å². The summed E-state index contributed by atoms with van der Waals surface area (Å²) in [5, 5.41) is 5.91. The number of hydrogen-bond donors (Lipinski definition) is 1. The molecule has 0 aliphatic rings. The predicted molar refractivity (Wildman–Crippen MR) is 138 cm³/mol. The zero-order chi connectivity index (χ0) is 24.4. The molecule has 6 nitrogen and oxygen atoms in total. The molecule has 0 atom stereocenters. The summed E-state index contributed by atoms with van der Waals surface area (Å²) in [5.74, 6) is 1.77. The Labute approximate surface area is 207 Å². The summed E-state index contributed by atoms with van der Waals surface area (Å²) >= 11 is 6.09. The molecule has 0 saturated heterocycles. The number of rotatable bonds is 6. The molecule has 0 fully saturated rings. The quantitative estimate of drug-likeness (QED) is 0.278. The molecule has 0 aliphatic heterocycles. The number of hydrogen-bond acceptors (Lipinski definition) is 5. The van der Waals surface area contributed by atoms with Gasteiger partial charge in [-0.15, -0.1) is 0 Å². The van der Waals surface area contributed by atoms with Crippen molar-refractivity contribution in [3.05, 3.63) is 95.6 Å². The predicted octanol–water partition coefficient (Wildman–Crippen LogP) is 7.10. The number of halogens is 1. The number of carbonyl (C=O) groups excluding carboxylic acids is 1. The van der Waals surface area contributed by atoms with Gasteiger partial charge in [0.05, 0.1) is 25.3 Å². The second-order valence-corrected chi connectivity index (χ2v) is 8.20. The van der Waals surface area contributed by atoms with E-state index in [1.54, 1.807) is 62.9 Å². The first-order valence-electron chi connectivity index (χ1n) is 10.8. The van der Waals surface area contributed by atoms with E-state index in [0.29, 0.717) is 44.8 Å². The third kappa shape index (κ3) is 4.44. The average Bonchev–Trinajstić information content (AvgIpc) is 2.88. The van der Waals surface area contributed by atoms with Gasteiger partial charge >= 0.3 is 0 Å². The van der Waals surface area contributed by atoms with Crippen LogP contribution in [0.25, 0.3) is 21.7 Å². The molecule has 35 heavy (non-hydrogen) atoms. The summed E-state index contributed by atoms with van der Waals surface area (Å²) in [6.07, 6.45) is 1.65. The molecule has 1 amide bonds. The summed E-state index contributed by atoms with van der Waals surface area (Å²) in [6, 6.07) is 23.8. The Bertz CT molecular complexity index is 1570. The van der Waals surface area contributed by atoms with Crippen molar-refractivity contribution in [1.29, 1.82) is 0 Å². The molecule has 0 saturated carbocycles. The Morgan fingerprint density at radius 2 is 1.63 bits per heavy atom. The lowest BCUT2D eigenvalue weighted by atomic mass is 10.0. The molecule has 1 N–H and O–H groups in total. The molecular formula is C28H21ClN2O4. The molecule has 0 radical (unpaired) electrons. The summed E-state index contributed by atoms with van der Waals surface area (Å²) in [6.45, 7) is 0. The first-order chi connectivity index (χ1) is 17.1. The van der Waals surface area contributed by atoms with Crippen LogP contribution in [0.2, 0.25) is 5.02 Å². The fourth-order valence-corrected chi connectivity index (χ4v) is 4.13. The third-order valence-electron chi connectivity index (χ3n) is 5.63. The van der Waals surface area contributed by atoms with Gasteiger partial charge in [-0.1, -0.05) is 48.0 Å². The number of nitrogens with zero attached hydrogens (tertiary/aromatic N) is 1. The topological polar surface area (TPSA) is 69.7 Å². The third-order valence-corrected chi connectivity index (χ3v) is 5.86. The first-order valence-corrected chi connectivity index (χ1v) is 11.2. The molecule has 0 aliphatic carbocycles. The molecule has 174 valence electrons. The van der Waals surface area contributed by atoms with Gasteiger partial charge in [-0.25, -0.2) is 0 Å². The number of aromatic nitrogens is 1. The van der Waals surface area contributed by atoms with Crippen molar-refractivity contribution in [2.24, 2.45) is 0 Å². The molecule has 0 bridgehead atoms. The minimum Gasteiger partial charge on any atom is -0.493 e. The van der Waals surface area contributed by atoms with E-state index in [9.17, 15) is 4.79 Å². The maximum absolute atomic E-state index is 13.3. The monoisotopic (exact) mass is 484 g/mol. The van der Waals surface area contributed by atoms with Crippen molar-refractivity contribution in [3.63, 3.8) is 0 Å². The van der Waals surface area contributed by atoms with Crippen molar-refractivity contribution in [1.82, 2.24) is 4.98 Å². The normalized spacial score (nSPS) is 10.8. The van der Waals surface area contributed by atoms with Crippen molar-refractivity contribution in [3.8, 4) is 23.0 Å². The van der Waals surface area contributed by atoms with Crippen LogP contribution in [0, 0.1) is 0 Å². The van der Waals surface area contributed by atoms with Crippen LogP contribution >= 0.6 is 11.6 Å². The highest BCUT2D eigenvalue weighted by Gasteiger charge is 2.19. The molecule has 1 aromatic heterocycles. The molecule has 0 spiro atoms. The van der Waals surface area contributed by atoms with E-state index >= 15 is 0 Å². The van der Waals surface area contributed by atoms with Gasteiger partial charge in [0.2, 0.25) is 0 Å². The Morgan fingerprint density at radius 1 is 0.829 bits per heavy atom. The van der Waals surface area contributed by atoms with Gasteiger partial charge in [-0.3, -0.25) is 9.78 Å². The Morgan fingerprint density at radius 3 is 2.43 bits per heavy atom. The molecule has 7 heteroatoms. The van der Waals surface area contributed by atoms with Crippen LogP contribution in [0.1, 0.15) is 10.4 Å². The second kappa shape index (κ2) is 9.52. The maximum Gasteiger partial charge on any atom is 0.259 e. The summed E-state index contributed by atoms with van der Waals surface area (Å²) in [4.78, 5) is 17.8. The maximum atomic E-state index is 13.3. The molecule has 5 aromatic rings. The highest BCUT2D eigenvalue weighted by Crippen LogP contribution is 2.40. The standard InChI is InChI=1S/C28H21ClN2O4/c1-33-25-15-22-23(16-26(25)34-2)30-13-12-24(22)35-27-20-9-4-3-6-17(20)10-11-21(27)28(32)31-19-8-5-7-18(29)14-19/h3-16H,1-2H3,(H,31,32). The second-order valence-electron chi connectivity index (χ2n) is 7.76. The molecule has 5 rings (SSSR count).